The molecular weight excluding hydrogens is 658 g/mol. The second-order valence-electron chi connectivity index (χ2n) is 11.3. The van der Waals surface area contributed by atoms with Crippen LogP contribution in [0, 0.1) is 34.9 Å². The highest BCUT2D eigenvalue weighted by molar-refractivity contribution is 7.80. The van der Waals surface area contributed by atoms with E-state index in [1.54, 1.807) is 0 Å². The van der Waals surface area contributed by atoms with Crippen molar-refractivity contribution in [2.24, 2.45) is 0 Å². The van der Waals surface area contributed by atoms with E-state index >= 15 is 0 Å². The molecule has 4 aromatic rings. The van der Waals surface area contributed by atoms with Crippen LogP contribution in [0.2, 0.25) is 0 Å². The largest absolute Gasteiger partial charge is 0.394 e. The van der Waals surface area contributed by atoms with Crippen LogP contribution in [0.15, 0.2) is 49.1 Å². The molecule has 47 heavy (non-hydrogen) atoms. The quantitative estimate of drug-likeness (QED) is 0.133. The predicted octanol–water partition coefficient (Wildman–Crippen LogP) is 3.36. The van der Waals surface area contributed by atoms with Crippen molar-refractivity contribution < 1.29 is 55.9 Å². The zero-order chi connectivity index (χ0) is 33.8. The molecule has 3 N–H and O–H groups in total. The Kier molecular flexibility index (Phi) is 9.16. The van der Waals surface area contributed by atoms with Crippen LogP contribution in [0.5, 0.6) is 0 Å². The molecule has 0 bridgehead atoms. The van der Waals surface area contributed by atoms with Gasteiger partial charge in [-0.05, 0) is 41.8 Å². The summed E-state index contributed by atoms with van der Waals surface area (Å²) < 4.78 is 103. The molecule has 10 nitrogen and oxygen atoms in total. The summed E-state index contributed by atoms with van der Waals surface area (Å²) in [6.07, 6.45) is -1.93. The van der Waals surface area contributed by atoms with Gasteiger partial charge >= 0.3 is 0 Å². The van der Waals surface area contributed by atoms with E-state index in [0.717, 1.165) is 24.3 Å². The third kappa shape index (κ3) is 5.52. The van der Waals surface area contributed by atoms with Gasteiger partial charge in [-0.2, -0.15) is 10.2 Å². The number of aromatic nitrogens is 4. The van der Waals surface area contributed by atoms with Crippen LogP contribution in [0.1, 0.15) is 12.5 Å². The number of aliphatic hydroxyl groups excluding tert-OH is 3. The van der Waals surface area contributed by atoms with Gasteiger partial charge in [-0.1, -0.05) is 0 Å². The molecule has 4 heterocycles. The lowest BCUT2D eigenvalue weighted by atomic mass is 9.72. The molecular formula is C30H28F6N4O6S. The standard InChI is InChI=1S/C30H28F6N4O6S/c1-44-28-29(47)46-22(12-41)26(43)30(28,40-11-16(9-38-40)14-6-19(33)24(36)20(34)7-14)27-25(42)21(2-3-45-27)39-10-15(8-37-39)13-4-17(31)23(35)18(32)5-13/h4-11,21-22,25-29,41-43,47H,2-3,12H2,1H3/t21-,22-,25+,26+,27+,28+,29+,30-/m0/s1. The zero-order valence-electron chi connectivity index (χ0n) is 24.4. The number of hydrogen-bond acceptors (Lipinski definition) is 9. The number of thiol groups is 1. The van der Waals surface area contributed by atoms with Gasteiger partial charge in [-0.15, -0.1) is 12.6 Å². The number of aliphatic hydroxyl groups is 3. The first-order valence-corrected chi connectivity index (χ1v) is 14.8. The van der Waals surface area contributed by atoms with Crippen molar-refractivity contribution in [2.75, 3.05) is 20.3 Å². The first-order valence-electron chi connectivity index (χ1n) is 14.3. The predicted molar refractivity (Wildman–Crippen MR) is 154 cm³/mol. The monoisotopic (exact) mass is 686 g/mol. The summed E-state index contributed by atoms with van der Waals surface area (Å²) in [5, 5.41) is 42.6. The molecule has 2 aromatic heterocycles. The summed E-state index contributed by atoms with van der Waals surface area (Å²) in [6.45, 7) is -0.741. The summed E-state index contributed by atoms with van der Waals surface area (Å²) in [5.74, 6) is -8.98. The van der Waals surface area contributed by atoms with Crippen molar-refractivity contribution >= 4 is 12.6 Å². The number of ether oxygens (including phenoxy) is 3. The van der Waals surface area contributed by atoms with Crippen molar-refractivity contribution in [3.63, 3.8) is 0 Å². The second kappa shape index (κ2) is 12.9. The fourth-order valence-corrected chi connectivity index (χ4v) is 6.99. The molecule has 0 radical (unpaired) electrons. The molecule has 252 valence electrons. The SMILES string of the molecule is CO[C@@H]1[C@@H](S)O[C@@H](CO)[C@@H](O)[C@@]1([C@@H]1OCC[C@H](n2cc(-c3cc(F)c(F)c(F)c3)cn2)[C@H]1O)n1cc(-c2cc(F)c(F)c(F)c2)cn1. The van der Waals surface area contributed by atoms with Crippen molar-refractivity contribution in [2.45, 2.75) is 54.0 Å². The van der Waals surface area contributed by atoms with Crippen LogP contribution in [0.25, 0.3) is 22.3 Å². The molecule has 2 aliphatic rings. The van der Waals surface area contributed by atoms with Gasteiger partial charge < -0.3 is 29.5 Å². The van der Waals surface area contributed by atoms with Gasteiger partial charge in [0.15, 0.2) is 34.9 Å². The van der Waals surface area contributed by atoms with Gasteiger partial charge in [-0.3, -0.25) is 9.36 Å². The minimum atomic E-state index is -1.94. The number of benzene rings is 2. The summed E-state index contributed by atoms with van der Waals surface area (Å²) in [4.78, 5) is 0. The van der Waals surface area contributed by atoms with E-state index in [1.807, 2.05) is 0 Å². The average molecular weight is 687 g/mol. The molecule has 2 fully saturated rings. The van der Waals surface area contributed by atoms with Gasteiger partial charge in [0.1, 0.15) is 41.5 Å². The maximum atomic E-state index is 14.1. The highest BCUT2D eigenvalue weighted by Crippen LogP contribution is 2.47. The number of methoxy groups -OCH3 is 1. The van der Waals surface area contributed by atoms with Gasteiger partial charge in [-0.25, -0.2) is 26.3 Å². The topological polar surface area (TPSA) is 124 Å². The Labute approximate surface area is 268 Å². The Morgan fingerprint density at radius 1 is 0.894 bits per heavy atom. The Morgan fingerprint density at radius 2 is 1.45 bits per heavy atom. The van der Waals surface area contributed by atoms with Crippen molar-refractivity contribution in [1.82, 2.24) is 19.6 Å². The molecule has 8 atom stereocenters. The lowest BCUT2D eigenvalue weighted by Crippen LogP contribution is -2.75. The molecule has 0 spiro atoms. The lowest BCUT2D eigenvalue weighted by molar-refractivity contribution is -0.280. The van der Waals surface area contributed by atoms with Crippen LogP contribution >= 0.6 is 12.6 Å². The van der Waals surface area contributed by atoms with Gasteiger partial charge in [0, 0.05) is 37.2 Å². The molecule has 2 saturated heterocycles. The van der Waals surface area contributed by atoms with Crippen LogP contribution < -0.4 is 0 Å². The van der Waals surface area contributed by atoms with Crippen LogP contribution in [-0.2, 0) is 19.7 Å². The minimum absolute atomic E-state index is 0.0111. The maximum Gasteiger partial charge on any atom is 0.194 e. The van der Waals surface area contributed by atoms with Crippen LogP contribution in [-0.4, -0.2) is 91.2 Å². The highest BCUT2D eigenvalue weighted by atomic mass is 32.1. The number of rotatable bonds is 7. The van der Waals surface area contributed by atoms with Crippen molar-refractivity contribution in [3.05, 3.63) is 84.0 Å². The Hall–Kier alpha value is -3.45. The molecule has 0 saturated carbocycles. The van der Waals surface area contributed by atoms with Gasteiger partial charge in [0.05, 0.1) is 25.0 Å². The van der Waals surface area contributed by atoms with E-state index in [2.05, 4.69) is 22.8 Å². The summed E-state index contributed by atoms with van der Waals surface area (Å²) in [5.41, 5.74) is -2.91. The molecule has 0 aliphatic carbocycles. The van der Waals surface area contributed by atoms with Crippen molar-refractivity contribution in [1.29, 1.82) is 0 Å². The second-order valence-corrected chi connectivity index (χ2v) is 11.8. The molecule has 6 rings (SSSR count). The van der Waals surface area contributed by atoms with E-state index in [4.69, 9.17) is 14.2 Å². The molecule has 0 amide bonds. The third-order valence-corrected chi connectivity index (χ3v) is 9.11. The smallest absolute Gasteiger partial charge is 0.194 e. The third-order valence-electron chi connectivity index (χ3n) is 8.72. The number of halogens is 6. The molecule has 17 heteroatoms. The van der Waals surface area contributed by atoms with E-state index in [-0.39, 0.29) is 35.3 Å². The Bertz CT molecular complexity index is 1730. The van der Waals surface area contributed by atoms with E-state index in [9.17, 15) is 41.7 Å². The number of nitrogens with zero attached hydrogens (tertiary/aromatic N) is 4. The molecule has 0 unspecified atom stereocenters. The normalized spacial score (nSPS) is 29.7. The van der Waals surface area contributed by atoms with E-state index < -0.39 is 89.0 Å². The summed E-state index contributed by atoms with van der Waals surface area (Å²) in [7, 11) is 1.28. The van der Waals surface area contributed by atoms with E-state index in [0.29, 0.717) is 0 Å². The van der Waals surface area contributed by atoms with Crippen LogP contribution in [0.4, 0.5) is 26.3 Å². The molecule has 2 aromatic carbocycles. The van der Waals surface area contributed by atoms with Gasteiger partial charge in [0.2, 0.25) is 0 Å². The Morgan fingerprint density at radius 3 is 2.00 bits per heavy atom. The number of hydrogen-bond donors (Lipinski definition) is 4. The van der Waals surface area contributed by atoms with Gasteiger partial charge in [0.25, 0.3) is 0 Å². The zero-order valence-corrected chi connectivity index (χ0v) is 25.2. The summed E-state index contributed by atoms with van der Waals surface area (Å²) in [6, 6.07) is 2.23. The van der Waals surface area contributed by atoms with Crippen molar-refractivity contribution in [3.8, 4) is 22.3 Å². The average Bonchev–Trinajstić information content (AvgIpc) is 3.74. The lowest BCUT2D eigenvalue weighted by Gasteiger charge is -2.56. The minimum Gasteiger partial charge on any atom is -0.394 e. The molecule has 2 aliphatic heterocycles. The fourth-order valence-electron chi connectivity index (χ4n) is 6.47. The fraction of sp³-hybridized carbons (Fsp3) is 0.400. The summed E-state index contributed by atoms with van der Waals surface area (Å²) >= 11 is 4.48. The Balaban J connectivity index is 1.44. The first kappa shape index (κ1) is 33.5. The van der Waals surface area contributed by atoms with Crippen LogP contribution in [0.3, 0.4) is 0 Å². The first-order chi connectivity index (χ1) is 22.4. The maximum absolute atomic E-state index is 14.1. The van der Waals surface area contributed by atoms with E-state index in [1.165, 1.54) is 41.3 Å². The highest BCUT2D eigenvalue weighted by Gasteiger charge is 2.65.